The minimum absolute atomic E-state index is 0.193. The van der Waals surface area contributed by atoms with Crippen LogP contribution >= 0.6 is 0 Å². The Hall–Kier alpha value is -2.33. The lowest BCUT2D eigenvalue weighted by Gasteiger charge is -2.12. The smallest absolute Gasteiger partial charge is 0.323 e. The molecule has 0 fully saturated rings. The Morgan fingerprint density at radius 2 is 1.81 bits per heavy atom. The van der Waals surface area contributed by atoms with Crippen LogP contribution in [0.1, 0.15) is 11.1 Å². The number of carbonyl (C=O) groups excluding carboxylic acids is 1. The Bertz CT molecular complexity index is 584. The Kier molecular flexibility index (Phi) is 5.35. The Balaban J connectivity index is 1.86. The molecule has 0 spiro atoms. The fraction of sp³-hybridized carbons (Fsp3) is 0.235. The number of nitrogens with two attached hydrogens (primary N) is 1. The maximum absolute atomic E-state index is 11.9. The van der Waals surface area contributed by atoms with Gasteiger partial charge in [-0.3, -0.25) is 4.79 Å². The third-order valence-electron chi connectivity index (χ3n) is 3.12. The summed E-state index contributed by atoms with van der Waals surface area (Å²) in [6.45, 7) is 0.193. The van der Waals surface area contributed by atoms with Crippen molar-refractivity contribution < 1.29 is 14.3 Å². The Morgan fingerprint density at radius 3 is 2.52 bits per heavy atom. The molecular formula is C17H19NO3. The topological polar surface area (TPSA) is 61.5 Å². The van der Waals surface area contributed by atoms with Crippen LogP contribution in [0.4, 0.5) is 0 Å². The molecule has 0 radical (unpaired) electrons. The molecule has 21 heavy (non-hydrogen) atoms. The number of hydrogen-bond donors (Lipinski definition) is 1. The molecule has 1 atom stereocenters. The van der Waals surface area contributed by atoms with Crippen LogP contribution in [0, 0.1) is 0 Å². The molecule has 2 N–H and O–H groups in total. The fourth-order valence-corrected chi connectivity index (χ4v) is 1.98. The highest BCUT2D eigenvalue weighted by Crippen LogP contribution is 2.13. The second-order valence-corrected chi connectivity index (χ2v) is 4.76. The van der Waals surface area contributed by atoms with Crippen molar-refractivity contribution in [3.8, 4) is 5.75 Å². The first-order valence-corrected chi connectivity index (χ1v) is 6.78. The summed E-state index contributed by atoms with van der Waals surface area (Å²) in [6, 6.07) is 16.4. The predicted molar refractivity (Wildman–Crippen MR) is 80.9 cm³/mol. The maximum atomic E-state index is 11.9. The SMILES string of the molecule is COc1cccc(COC(=O)C(N)Cc2ccccc2)c1. The molecule has 0 aliphatic heterocycles. The van der Waals surface area contributed by atoms with E-state index in [1.54, 1.807) is 7.11 Å². The van der Waals surface area contributed by atoms with Gasteiger partial charge in [-0.2, -0.15) is 0 Å². The van der Waals surface area contributed by atoms with Crippen LogP contribution in [-0.4, -0.2) is 19.1 Å². The van der Waals surface area contributed by atoms with Crippen LogP contribution in [0.15, 0.2) is 54.6 Å². The lowest BCUT2D eigenvalue weighted by atomic mass is 10.1. The lowest BCUT2D eigenvalue weighted by molar-refractivity contribution is -0.146. The molecule has 0 heterocycles. The van der Waals surface area contributed by atoms with Crippen molar-refractivity contribution in [3.63, 3.8) is 0 Å². The zero-order chi connectivity index (χ0) is 15.1. The number of rotatable bonds is 6. The van der Waals surface area contributed by atoms with E-state index in [1.165, 1.54) is 0 Å². The van der Waals surface area contributed by atoms with Gasteiger partial charge in [0.25, 0.3) is 0 Å². The summed E-state index contributed by atoms with van der Waals surface area (Å²) in [5.74, 6) is 0.332. The highest BCUT2D eigenvalue weighted by atomic mass is 16.5. The van der Waals surface area contributed by atoms with E-state index in [0.29, 0.717) is 6.42 Å². The molecular weight excluding hydrogens is 266 g/mol. The van der Waals surface area contributed by atoms with Gasteiger partial charge in [0.1, 0.15) is 18.4 Å². The molecule has 0 saturated carbocycles. The number of methoxy groups -OCH3 is 1. The quantitative estimate of drug-likeness (QED) is 0.827. The number of benzene rings is 2. The van der Waals surface area contributed by atoms with E-state index in [1.807, 2.05) is 54.6 Å². The van der Waals surface area contributed by atoms with E-state index in [-0.39, 0.29) is 6.61 Å². The summed E-state index contributed by atoms with van der Waals surface area (Å²) in [5, 5.41) is 0. The summed E-state index contributed by atoms with van der Waals surface area (Å²) in [5.41, 5.74) is 7.76. The number of esters is 1. The first kappa shape index (κ1) is 15.1. The van der Waals surface area contributed by atoms with Crippen LogP contribution in [0.5, 0.6) is 5.75 Å². The number of hydrogen-bond acceptors (Lipinski definition) is 4. The Labute approximate surface area is 124 Å². The van der Waals surface area contributed by atoms with Gasteiger partial charge in [0, 0.05) is 0 Å². The summed E-state index contributed by atoms with van der Waals surface area (Å²) in [4.78, 5) is 11.9. The number of ether oxygens (including phenoxy) is 2. The van der Waals surface area contributed by atoms with Crippen LogP contribution in [-0.2, 0) is 22.6 Å². The Morgan fingerprint density at radius 1 is 1.10 bits per heavy atom. The van der Waals surface area contributed by atoms with Crippen LogP contribution in [0.3, 0.4) is 0 Å². The molecule has 110 valence electrons. The fourth-order valence-electron chi connectivity index (χ4n) is 1.98. The van der Waals surface area contributed by atoms with Gasteiger partial charge in [0.2, 0.25) is 0 Å². The van der Waals surface area contributed by atoms with Gasteiger partial charge >= 0.3 is 5.97 Å². The van der Waals surface area contributed by atoms with Crippen molar-refractivity contribution in [3.05, 3.63) is 65.7 Å². The van der Waals surface area contributed by atoms with Crippen molar-refractivity contribution in [2.24, 2.45) is 5.73 Å². The van der Waals surface area contributed by atoms with E-state index in [9.17, 15) is 4.79 Å². The van der Waals surface area contributed by atoms with Gasteiger partial charge in [-0.15, -0.1) is 0 Å². The van der Waals surface area contributed by atoms with Crippen molar-refractivity contribution in [1.82, 2.24) is 0 Å². The van der Waals surface area contributed by atoms with Crippen LogP contribution in [0.2, 0.25) is 0 Å². The zero-order valence-corrected chi connectivity index (χ0v) is 12.0. The lowest BCUT2D eigenvalue weighted by Crippen LogP contribution is -2.34. The van der Waals surface area contributed by atoms with Gasteiger partial charge in [-0.05, 0) is 29.7 Å². The second kappa shape index (κ2) is 7.45. The molecule has 2 rings (SSSR count). The molecule has 2 aromatic rings. The average molecular weight is 285 g/mol. The van der Waals surface area contributed by atoms with Crippen molar-refractivity contribution in [1.29, 1.82) is 0 Å². The van der Waals surface area contributed by atoms with E-state index < -0.39 is 12.0 Å². The van der Waals surface area contributed by atoms with E-state index in [4.69, 9.17) is 15.2 Å². The second-order valence-electron chi connectivity index (χ2n) is 4.76. The predicted octanol–water partition coefficient (Wildman–Crippen LogP) is 2.31. The van der Waals surface area contributed by atoms with Gasteiger partial charge in [-0.25, -0.2) is 0 Å². The van der Waals surface area contributed by atoms with Gasteiger partial charge in [-0.1, -0.05) is 42.5 Å². The zero-order valence-electron chi connectivity index (χ0n) is 12.0. The highest BCUT2D eigenvalue weighted by molar-refractivity contribution is 5.75. The first-order valence-electron chi connectivity index (χ1n) is 6.78. The van der Waals surface area contributed by atoms with Crippen molar-refractivity contribution >= 4 is 5.97 Å². The first-order chi connectivity index (χ1) is 10.2. The average Bonchev–Trinajstić information content (AvgIpc) is 2.53. The third-order valence-corrected chi connectivity index (χ3v) is 3.12. The standard InChI is InChI=1S/C17H19NO3/c1-20-15-9-5-8-14(10-15)12-21-17(19)16(18)11-13-6-3-2-4-7-13/h2-10,16H,11-12,18H2,1H3. The van der Waals surface area contributed by atoms with Crippen molar-refractivity contribution in [2.45, 2.75) is 19.1 Å². The maximum Gasteiger partial charge on any atom is 0.323 e. The summed E-state index contributed by atoms with van der Waals surface area (Å²) >= 11 is 0. The normalized spacial score (nSPS) is 11.7. The summed E-state index contributed by atoms with van der Waals surface area (Å²) in [6.07, 6.45) is 0.470. The monoisotopic (exact) mass is 285 g/mol. The van der Waals surface area contributed by atoms with E-state index in [0.717, 1.165) is 16.9 Å². The molecule has 4 heteroatoms. The minimum Gasteiger partial charge on any atom is -0.497 e. The van der Waals surface area contributed by atoms with Crippen molar-refractivity contribution in [2.75, 3.05) is 7.11 Å². The molecule has 1 unspecified atom stereocenters. The van der Waals surface area contributed by atoms with Crippen LogP contribution < -0.4 is 10.5 Å². The highest BCUT2D eigenvalue weighted by Gasteiger charge is 2.15. The molecule has 0 aromatic heterocycles. The minimum atomic E-state index is -0.655. The number of carbonyl (C=O) groups is 1. The molecule has 4 nitrogen and oxygen atoms in total. The van der Waals surface area contributed by atoms with E-state index in [2.05, 4.69) is 0 Å². The van der Waals surface area contributed by atoms with Gasteiger partial charge in [0.05, 0.1) is 7.11 Å². The van der Waals surface area contributed by atoms with E-state index >= 15 is 0 Å². The molecule has 0 bridgehead atoms. The summed E-state index contributed by atoms with van der Waals surface area (Å²) < 4.78 is 10.4. The van der Waals surface area contributed by atoms with Gasteiger partial charge in [0.15, 0.2) is 0 Å². The molecule has 0 aliphatic carbocycles. The van der Waals surface area contributed by atoms with Gasteiger partial charge < -0.3 is 15.2 Å². The van der Waals surface area contributed by atoms with Crippen LogP contribution in [0.25, 0.3) is 0 Å². The third kappa shape index (κ3) is 4.61. The molecule has 0 amide bonds. The largest absolute Gasteiger partial charge is 0.497 e. The molecule has 2 aromatic carbocycles. The molecule has 0 saturated heterocycles. The summed E-state index contributed by atoms with van der Waals surface area (Å²) in [7, 11) is 1.60. The molecule has 0 aliphatic rings.